The van der Waals surface area contributed by atoms with Crippen molar-refractivity contribution in [2.45, 2.75) is 16.6 Å². The number of hydrogen-bond donors (Lipinski definition) is 1. The van der Waals surface area contributed by atoms with Gasteiger partial charge in [-0.3, -0.25) is 14.2 Å². The van der Waals surface area contributed by atoms with Gasteiger partial charge in [-0.25, -0.2) is 13.4 Å². The summed E-state index contributed by atoms with van der Waals surface area (Å²) in [6.07, 6.45) is 0. The molecule has 3 aromatic rings. The van der Waals surface area contributed by atoms with Gasteiger partial charge in [-0.15, -0.1) is 0 Å². The number of morpholine rings is 1. The third kappa shape index (κ3) is 5.02. The number of carbonyl (C=O) groups excluding carboxylic acids is 1. The molecule has 2 aromatic carbocycles. The van der Waals surface area contributed by atoms with Crippen LogP contribution in [0.25, 0.3) is 10.9 Å². The molecular formula is C22H23N3O6S2. The Morgan fingerprint density at radius 3 is 2.48 bits per heavy atom. The minimum Gasteiger partial charge on any atom is -0.395 e. The van der Waals surface area contributed by atoms with E-state index in [1.54, 1.807) is 24.3 Å². The van der Waals surface area contributed by atoms with Crippen molar-refractivity contribution in [2.75, 3.05) is 38.7 Å². The molecule has 0 unspecified atom stereocenters. The molecule has 0 aliphatic carbocycles. The summed E-state index contributed by atoms with van der Waals surface area (Å²) < 4.78 is 33.4. The highest BCUT2D eigenvalue weighted by atomic mass is 32.2. The molecule has 9 nitrogen and oxygen atoms in total. The molecule has 1 aliphatic rings. The predicted molar refractivity (Wildman–Crippen MR) is 124 cm³/mol. The monoisotopic (exact) mass is 489 g/mol. The fourth-order valence-electron chi connectivity index (χ4n) is 3.52. The second-order valence-corrected chi connectivity index (χ2v) is 10.2. The van der Waals surface area contributed by atoms with Crippen molar-refractivity contribution in [1.82, 2.24) is 13.9 Å². The Bertz CT molecular complexity index is 1320. The van der Waals surface area contributed by atoms with Crippen molar-refractivity contribution < 1.29 is 23.1 Å². The average Bonchev–Trinajstić information content (AvgIpc) is 2.85. The van der Waals surface area contributed by atoms with Crippen molar-refractivity contribution in [3.63, 3.8) is 0 Å². The third-order valence-electron chi connectivity index (χ3n) is 5.27. The quantitative estimate of drug-likeness (QED) is 0.286. The molecule has 1 N–H and O–H groups in total. The maximum Gasteiger partial charge on any atom is 0.262 e. The molecule has 1 fully saturated rings. The van der Waals surface area contributed by atoms with Gasteiger partial charge in [0.25, 0.3) is 5.56 Å². The maximum atomic E-state index is 12.8. The van der Waals surface area contributed by atoms with Crippen LogP contribution in [0.1, 0.15) is 10.4 Å². The van der Waals surface area contributed by atoms with Gasteiger partial charge in [0, 0.05) is 18.7 Å². The second-order valence-electron chi connectivity index (χ2n) is 7.34. The molecule has 0 amide bonds. The number of fused-ring (bicyclic) bond motifs is 1. The Hall–Kier alpha value is -2.57. The van der Waals surface area contributed by atoms with Crippen LogP contribution < -0.4 is 5.56 Å². The van der Waals surface area contributed by atoms with E-state index >= 15 is 0 Å². The Labute approximate surface area is 195 Å². The number of para-hydroxylation sites is 1. The van der Waals surface area contributed by atoms with Crippen LogP contribution in [0.2, 0.25) is 0 Å². The molecule has 11 heteroatoms. The number of aliphatic hydroxyl groups is 1. The predicted octanol–water partition coefficient (Wildman–Crippen LogP) is 1.38. The summed E-state index contributed by atoms with van der Waals surface area (Å²) >= 11 is 1.10. The van der Waals surface area contributed by atoms with Crippen LogP contribution in [0.15, 0.2) is 63.4 Å². The summed E-state index contributed by atoms with van der Waals surface area (Å²) in [5, 5.41) is 10.1. The van der Waals surface area contributed by atoms with Crippen molar-refractivity contribution in [2.24, 2.45) is 0 Å². The molecule has 0 radical (unpaired) electrons. The molecule has 0 spiro atoms. The largest absolute Gasteiger partial charge is 0.395 e. The molecule has 4 rings (SSSR count). The molecular weight excluding hydrogens is 466 g/mol. The lowest BCUT2D eigenvalue weighted by Gasteiger charge is -2.26. The first-order valence-electron chi connectivity index (χ1n) is 10.4. The molecule has 0 saturated carbocycles. The molecule has 0 atom stereocenters. The number of hydrogen-bond acceptors (Lipinski definition) is 8. The van der Waals surface area contributed by atoms with Crippen LogP contribution >= 0.6 is 11.8 Å². The fourth-order valence-corrected chi connectivity index (χ4v) is 5.85. The van der Waals surface area contributed by atoms with E-state index in [2.05, 4.69) is 4.98 Å². The van der Waals surface area contributed by atoms with Gasteiger partial charge in [0.2, 0.25) is 10.0 Å². The molecule has 2 heterocycles. The number of thioether (sulfide) groups is 1. The van der Waals surface area contributed by atoms with Gasteiger partial charge in [0.15, 0.2) is 10.9 Å². The smallest absolute Gasteiger partial charge is 0.262 e. The highest BCUT2D eigenvalue weighted by Crippen LogP contribution is 2.21. The van der Waals surface area contributed by atoms with E-state index in [1.807, 2.05) is 0 Å². The number of rotatable bonds is 8. The van der Waals surface area contributed by atoms with Crippen molar-refractivity contribution in [1.29, 1.82) is 0 Å². The minimum absolute atomic E-state index is 0.00572. The fraction of sp³-hybridized carbons (Fsp3) is 0.318. The molecule has 33 heavy (non-hydrogen) atoms. The third-order valence-corrected chi connectivity index (χ3v) is 8.16. The first kappa shape index (κ1) is 23.6. The van der Waals surface area contributed by atoms with Crippen LogP contribution in [0.3, 0.4) is 0 Å². The lowest BCUT2D eigenvalue weighted by Crippen LogP contribution is -2.40. The van der Waals surface area contributed by atoms with Gasteiger partial charge in [-0.05, 0) is 24.3 Å². The first-order chi connectivity index (χ1) is 15.9. The molecule has 0 bridgehead atoms. The van der Waals surface area contributed by atoms with E-state index in [0.29, 0.717) is 47.9 Å². The van der Waals surface area contributed by atoms with Gasteiger partial charge in [0.05, 0.1) is 47.9 Å². The van der Waals surface area contributed by atoms with Gasteiger partial charge in [-0.1, -0.05) is 36.0 Å². The summed E-state index contributed by atoms with van der Waals surface area (Å²) in [6, 6.07) is 12.8. The Morgan fingerprint density at radius 1 is 1.09 bits per heavy atom. The Kier molecular flexibility index (Phi) is 7.25. The van der Waals surface area contributed by atoms with Crippen molar-refractivity contribution in [3.05, 3.63) is 64.4 Å². The zero-order valence-electron chi connectivity index (χ0n) is 17.7. The number of aliphatic hydroxyl groups excluding tert-OH is 1. The van der Waals surface area contributed by atoms with Crippen LogP contribution in [-0.4, -0.2) is 71.8 Å². The standard InChI is InChI=1S/C22H23N3O6S2/c26-12-9-25-21(28)18-3-1-2-4-19(18)23-22(25)32-15-20(27)16-5-7-17(8-6-16)33(29,30)24-10-13-31-14-11-24/h1-8,26H,9-15H2. The topological polar surface area (TPSA) is 119 Å². The number of nitrogens with zero attached hydrogens (tertiary/aromatic N) is 3. The highest BCUT2D eigenvalue weighted by molar-refractivity contribution is 7.99. The minimum atomic E-state index is -3.63. The van der Waals surface area contributed by atoms with Gasteiger partial charge >= 0.3 is 0 Å². The summed E-state index contributed by atoms with van der Waals surface area (Å²) in [4.78, 5) is 30.1. The van der Waals surface area contributed by atoms with Gasteiger partial charge in [0.1, 0.15) is 0 Å². The average molecular weight is 490 g/mol. The molecule has 1 aromatic heterocycles. The van der Waals surface area contributed by atoms with E-state index < -0.39 is 10.0 Å². The number of sulfonamides is 1. The zero-order valence-corrected chi connectivity index (χ0v) is 19.3. The lowest BCUT2D eigenvalue weighted by molar-refractivity contribution is 0.0730. The summed E-state index contributed by atoms with van der Waals surface area (Å²) in [6.45, 7) is 1.15. The van der Waals surface area contributed by atoms with E-state index in [9.17, 15) is 23.1 Å². The van der Waals surface area contributed by atoms with E-state index in [0.717, 1.165) is 11.8 Å². The zero-order chi connectivity index (χ0) is 23.4. The van der Waals surface area contributed by atoms with E-state index in [1.165, 1.54) is 33.1 Å². The van der Waals surface area contributed by atoms with Crippen LogP contribution in [0, 0.1) is 0 Å². The molecule has 1 aliphatic heterocycles. The number of ketones is 1. The van der Waals surface area contributed by atoms with E-state index in [-0.39, 0.29) is 35.1 Å². The number of benzene rings is 2. The maximum absolute atomic E-state index is 12.8. The van der Waals surface area contributed by atoms with Crippen molar-refractivity contribution in [3.8, 4) is 0 Å². The van der Waals surface area contributed by atoms with Gasteiger partial charge in [-0.2, -0.15) is 4.31 Å². The SMILES string of the molecule is O=C(CSc1nc2ccccc2c(=O)n1CCO)c1ccc(S(=O)(=O)N2CCOCC2)cc1. The second kappa shape index (κ2) is 10.1. The number of carbonyl (C=O) groups is 1. The van der Waals surface area contributed by atoms with Crippen LogP contribution in [0.4, 0.5) is 0 Å². The summed E-state index contributed by atoms with van der Waals surface area (Å²) in [5.41, 5.74) is 0.604. The number of aromatic nitrogens is 2. The van der Waals surface area contributed by atoms with Crippen molar-refractivity contribution >= 4 is 38.5 Å². The lowest BCUT2D eigenvalue weighted by atomic mass is 10.1. The number of Topliss-reactive ketones (excluding diaryl/α,β-unsaturated/α-hetero) is 1. The van der Waals surface area contributed by atoms with Gasteiger partial charge < -0.3 is 9.84 Å². The van der Waals surface area contributed by atoms with Crippen LogP contribution in [0.5, 0.6) is 0 Å². The summed E-state index contributed by atoms with van der Waals surface area (Å²) in [7, 11) is -3.63. The van der Waals surface area contributed by atoms with Crippen LogP contribution in [-0.2, 0) is 21.3 Å². The first-order valence-corrected chi connectivity index (χ1v) is 12.8. The molecule has 174 valence electrons. The number of ether oxygens (including phenoxy) is 1. The Balaban J connectivity index is 1.51. The molecule has 1 saturated heterocycles. The normalized spacial score (nSPS) is 15.1. The summed E-state index contributed by atoms with van der Waals surface area (Å²) in [5.74, 6) is -0.223. The highest BCUT2D eigenvalue weighted by Gasteiger charge is 2.26. The Morgan fingerprint density at radius 2 is 1.79 bits per heavy atom. The van der Waals surface area contributed by atoms with E-state index in [4.69, 9.17) is 4.74 Å².